The third kappa shape index (κ3) is 3.47. The number of nitrogens with one attached hydrogen (secondary N) is 2. The van der Waals surface area contributed by atoms with E-state index in [4.69, 9.17) is 4.74 Å². The maximum absolute atomic E-state index is 13.0. The van der Waals surface area contributed by atoms with Gasteiger partial charge in [0, 0.05) is 18.8 Å². The first-order chi connectivity index (χ1) is 14.0. The topological polar surface area (TPSA) is 105 Å². The summed E-state index contributed by atoms with van der Waals surface area (Å²) >= 11 is 0. The van der Waals surface area contributed by atoms with Gasteiger partial charge in [-0.1, -0.05) is 36.4 Å². The summed E-state index contributed by atoms with van der Waals surface area (Å²) in [5.41, 5.74) is 2.00. The van der Waals surface area contributed by atoms with Gasteiger partial charge in [0.1, 0.15) is 6.04 Å². The van der Waals surface area contributed by atoms with Crippen LogP contribution in [0.1, 0.15) is 35.2 Å². The number of rotatable bonds is 4. The van der Waals surface area contributed by atoms with Crippen molar-refractivity contribution in [2.24, 2.45) is 5.92 Å². The molecular formula is C22H20N2O5. The lowest BCUT2D eigenvalue weighted by atomic mass is 9.78. The summed E-state index contributed by atoms with van der Waals surface area (Å²) < 4.78 is 5.55. The number of hydrogen-bond acceptors (Lipinski definition) is 5. The van der Waals surface area contributed by atoms with Crippen LogP contribution >= 0.6 is 0 Å². The van der Waals surface area contributed by atoms with Gasteiger partial charge in [-0.2, -0.15) is 0 Å². The highest BCUT2D eigenvalue weighted by Gasteiger charge is 2.42. The number of hydrogen-bond donors (Lipinski definition) is 3. The number of para-hydroxylation sites is 3. The Labute approximate surface area is 167 Å². The van der Waals surface area contributed by atoms with E-state index in [-0.39, 0.29) is 29.1 Å². The number of amides is 1. The largest absolute Gasteiger partial charge is 0.480 e. The molecule has 2 aliphatic rings. The van der Waals surface area contributed by atoms with Crippen LogP contribution in [0, 0.1) is 5.92 Å². The summed E-state index contributed by atoms with van der Waals surface area (Å²) in [6.07, 6.45) is 4.66. The molecule has 0 spiro atoms. The first-order valence-corrected chi connectivity index (χ1v) is 9.33. The molecule has 0 bridgehead atoms. The Morgan fingerprint density at radius 2 is 1.93 bits per heavy atom. The Morgan fingerprint density at radius 3 is 2.69 bits per heavy atom. The van der Waals surface area contributed by atoms with Crippen LogP contribution in [0.2, 0.25) is 0 Å². The Balaban J connectivity index is 1.68. The number of carbonyl (C=O) groups is 3. The number of fused-ring (bicyclic) bond motifs is 3. The van der Waals surface area contributed by atoms with Gasteiger partial charge in [0.15, 0.2) is 5.75 Å². The molecular weight excluding hydrogens is 372 g/mol. The van der Waals surface area contributed by atoms with Gasteiger partial charge in [-0.15, -0.1) is 0 Å². The molecule has 7 nitrogen and oxygen atoms in total. The van der Waals surface area contributed by atoms with E-state index in [0.717, 1.165) is 5.56 Å². The lowest BCUT2D eigenvalue weighted by Gasteiger charge is -2.35. The van der Waals surface area contributed by atoms with Gasteiger partial charge < -0.3 is 20.5 Å². The molecule has 0 radical (unpaired) electrons. The van der Waals surface area contributed by atoms with Crippen LogP contribution in [0.4, 0.5) is 11.4 Å². The Bertz CT molecular complexity index is 1030. The predicted molar refractivity (Wildman–Crippen MR) is 107 cm³/mol. The smallest absolute Gasteiger partial charge is 0.345 e. The number of carboxylic acid groups (broad SMARTS) is 1. The van der Waals surface area contributed by atoms with Gasteiger partial charge in [-0.05, 0) is 30.2 Å². The van der Waals surface area contributed by atoms with E-state index in [1.807, 2.05) is 18.2 Å². The van der Waals surface area contributed by atoms with Gasteiger partial charge in [-0.3, -0.25) is 4.79 Å². The summed E-state index contributed by atoms with van der Waals surface area (Å²) in [4.78, 5) is 36.1. The van der Waals surface area contributed by atoms with Crippen molar-refractivity contribution in [2.75, 3.05) is 10.6 Å². The molecule has 1 aliphatic heterocycles. The summed E-state index contributed by atoms with van der Waals surface area (Å²) in [5.74, 6) is -1.80. The van der Waals surface area contributed by atoms with Crippen molar-refractivity contribution in [2.45, 2.75) is 25.3 Å². The van der Waals surface area contributed by atoms with E-state index < -0.39 is 18.0 Å². The quantitative estimate of drug-likeness (QED) is 0.418. The number of ether oxygens (including phenoxy) is 1. The average Bonchev–Trinajstić information content (AvgIpc) is 3.18. The van der Waals surface area contributed by atoms with Crippen LogP contribution in [-0.4, -0.2) is 29.0 Å². The SMILES string of the molecule is CC(=O)Nc1ccccc1OC(=O)c1cccc2c1NC(C(=O)O)C1CC=CC21. The molecule has 7 heteroatoms. The fraction of sp³-hybridized carbons (Fsp3) is 0.227. The van der Waals surface area contributed by atoms with Crippen LogP contribution < -0.4 is 15.4 Å². The lowest BCUT2D eigenvalue weighted by molar-refractivity contribution is -0.139. The van der Waals surface area contributed by atoms with E-state index in [0.29, 0.717) is 17.8 Å². The molecule has 1 heterocycles. The standard InChI is InChI=1S/C22H20N2O5/c1-12(25)23-17-10-2-3-11-18(17)29-22(28)16-9-5-7-14-13-6-4-8-15(13)20(21(26)27)24-19(14)16/h2-7,9-11,13,15,20,24H,8H2,1H3,(H,23,25)(H,26,27). The van der Waals surface area contributed by atoms with Crippen LogP contribution in [0.5, 0.6) is 5.75 Å². The van der Waals surface area contributed by atoms with Gasteiger partial charge in [0.25, 0.3) is 0 Å². The van der Waals surface area contributed by atoms with Gasteiger partial charge in [0.2, 0.25) is 5.91 Å². The summed E-state index contributed by atoms with van der Waals surface area (Å²) in [6, 6.07) is 11.1. The van der Waals surface area contributed by atoms with Crippen LogP contribution in [0.25, 0.3) is 0 Å². The minimum Gasteiger partial charge on any atom is -0.480 e. The highest BCUT2D eigenvalue weighted by atomic mass is 16.5. The van der Waals surface area contributed by atoms with Crippen molar-refractivity contribution >= 4 is 29.2 Å². The number of anilines is 2. The zero-order valence-electron chi connectivity index (χ0n) is 15.7. The fourth-order valence-electron chi connectivity index (χ4n) is 4.04. The second kappa shape index (κ2) is 7.43. The van der Waals surface area contributed by atoms with Crippen LogP contribution in [0.3, 0.4) is 0 Å². The highest BCUT2D eigenvalue weighted by Crippen LogP contribution is 2.45. The number of benzene rings is 2. The molecule has 1 aliphatic carbocycles. The minimum atomic E-state index is -0.950. The number of allylic oxidation sites excluding steroid dienone is 2. The van der Waals surface area contributed by atoms with Gasteiger partial charge in [-0.25, -0.2) is 9.59 Å². The van der Waals surface area contributed by atoms with Crippen molar-refractivity contribution in [3.63, 3.8) is 0 Å². The summed E-state index contributed by atoms with van der Waals surface area (Å²) in [7, 11) is 0. The molecule has 1 amide bonds. The predicted octanol–water partition coefficient (Wildman–Crippen LogP) is 3.40. The summed E-state index contributed by atoms with van der Waals surface area (Å²) in [6.45, 7) is 1.37. The van der Waals surface area contributed by atoms with E-state index in [1.54, 1.807) is 36.4 Å². The third-order valence-corrected chi connectivity index (χ3v) is 5.28. The molecule has 3 atom stereocenters. The number of esters is 1. The van der Waals surface area contributed by atoms with E-state index >= 15 is 0 Å². The molecule has 0 fully saturated rings. The van der Waals surface area contributed by atoms with Crippen molar-refractivity contribution < 1.29 is 24.2 Å². The van der Waals surface area contributed by atoms with Crippen LogP contribution in [0.15, 0.2) is 54.6 Å². The molecule has 0 saturated heterocycles. The maximum Gasteiger partial charge on any atom is 0.345 e. The second-order valence-corrected chi connectivity index (χ2v) is 7.15. The van der Waals surface area contributed by atoms with E-state index in [2.05, 4.69) is 10.6 Å². The molecule has 3 N–H and O–H groups in total. The zero-order chi connectivity index (χ0) is 20.5. The molecule has 4 rings (SSSR count). The zero-order valence-corrected chi connectivity index (χ0v) is 15.7. The maximum atomic E-state index is 13.0. The molecule has 2 aromatic carbocycles. The third-order valence-electron chi connectivity index (χ3n) is 5.28. The monoisotopic (exact) mass is 392 g/mol. The fourth-order valence-corrected chi connectivity index (χ4v) is 4.04. The van der Waals surface area contributed by atoms with Crippen molar-refractivity contribution in [1.29, 1.82) is 0 Å². The van der Waals surface area contributed by atoms with Gasteiger partial charge in [0.05, 0.1) is 16.9 Å². The first kappa shape index (κ1) is 18.7. The molecule has 0 saturated carbocycles. The van der Waals surface area contributed by atoms with Crippen molar-refractivity contribution in [1.82, 2.24) is 0 Å². The Kier molecular flexibility index (Phi) is 4.80. The average molecular weight is 392 g/mol. The minimum absolute atomic E-state index is 0.0632. The van der Waals surface area contributed by atoms with Gasteiger partial charge >= 0.3 is 11.9 Å². The summed E-state index contributed by atoms with van der Waals surface area (Å²) in [5, 5.41) is 15.3. The Morgan fingerprint density at radius 1 is 1.14 bits per heavy atom. The van der Waals surface area contributed by atoms with E-state index in [1.165, 1.54) is 6.92 Å². The van der Waals surface area contributed by atoms with Crippen molar-refractivity contribution in [3.05, 3.63) is 65.7 Å². The number of aliphatic carboxylic acids is 1. The number of carbonyl (C=O) groups excluding carboxylic acids is 2. The highest BCUT2D eigenvalue weighted by molar-refractivity contribution is 6.00. The molecule has 148 valence electrons. The molecule has 0 aromatic heterocycles. The molecule has 2 aromatic rings. The second-order valence-electron chi connectivity index (χ2n) is 7.15. The molecule has 3 unspecified atom stereocenters. The van der Waals surface area contributed by atoms with Crippen LogP contribution in [-0.2, 0) is 9.59 Å². The normalized spacial score (nSPS) is 21.5. The lowest BCUT2D eigenvalue weighted by Crippen LogP contribution is -2.42. The van der Waals surface area contributed by atoms with E-state index in [9.17, 15) is 19.5 Å². The molecule has 29 heavy (non-hydrogen) atoms. The van der Waals surface area contributed by atoms with Crippen molar-refractivity contribution in [3.8, 4) is 5.75 Å². The Hall–Kier alpha value is -3.61. The number of carboxylic acids is 1. The first-order valence-electron chi connectivity index (χ1n) is 9.33.